The molecule has 0 saturated heterocycles. The van der Waals surface area contributed by atoms with Gasteiger partial charge in [0.25, 0.3) is 0 Å². The van der Waals surface area contributed by atoms with Crippen molar-refractivity contribution in [3.8, 4) is 5.75 Å². The Kier molecular flexibility index (Phi) is 11.8. The summed E-state index contributed by atoms with van der Waals surface area (Å²) in [5, 5.41) is 9.33. The SMILES string of the molecule is C=CC.C=CC.C=Cc1cccc(C)c1O. The number of para-hydroxylation sites is 1. The fraction of sp³-hybridized carbons (Fsp3) is 0.200. The maximum atomic E-state index is 9.33. The van der Waals surface area contributed by atoms with Crippen molar-refractivity contribution in [1.82, 2.24) is 0 Å². The first-order valence-electron chi connectivity index (χ1n) is 5.14. The summed E-state index contributed by atoms with van der Waals surface area (Å²) in [4.78, 5) is 0. The Balaban J connectivity index is 0. The number of rotatable bonds is 1. The van der Waals surface area contributed by atoms with E-state index in [1.54, 1.807) is 18.2 Å². The van der Waals surface area contributed by atoms with E-state index in [2.05, 4.69) is 19.7 Å². The summed E-state index contributed by atoms with van der Waals surface area (Å²) in [6.07, 6.45) is 5.14. The second-order valence-electron chi connectivity index (χ2n) is 3.03. The highest BCUT2D eigenvalue weighted by Crippen LogP contribution is 2.21. The molecule has 0 saturated carbocycles. The third-order valence-electron chi connectivity index (χ3n) is 1.49. The van der Waals surface area contributed by atoms with Crippen LogP contribution in [0.4, 0.5) is 0 Å². The van der Waals surface area contributed by atoms with Crippen LogP contribution in [-0.2, 0) is 0 Å². The third kappa shape index (κ3) is 7.63. The van der Waals surface area contributed by atoms with Crippen molar-refractivity contribution in [2.75, 3.05) is 0 Å². The van der Waals surface area contributed by atoms with Crippen LogP contribution in [0.15, 0.2) is 50.1 Å². The highest BCUT2D eigenvalue weighted by Gasteiger charge is 1.97. The Morgan fingerprint density at radius 2 is 1.50 bits per heavy atom. The van der Waals surface area contributed by atoms with Crippen LogP contribution in [-0.4, -0.2) is 5.11 Å². The number of aryl methyl sites for hydroxylation is 1. The van der Waals surface area contributed by atoms with Gasteiger partial charge in [0.1, 0.15) is 5.75 Å². The van der Waals surface area contributed by atoms with Crippen LogP contribution >= 0.6 is 0 Å². The lowest BCUT2D eigenvalue weighted by molar-refractivity contribution is 0.470. The minimum atomic E-state index is 0.331. The second kappa shape index (κ2) is 11.3. The standard InChI is InChI=1S/C9H10O.2C3H6/c1-3-8-6-4-5-7(2)9(8)10;2*1-3-2/h3-6,10H,1H2,2H3;2*3H,1H2,2H3. The summed E-state index contributed by atoms with van der Waals surface area (Å²) in [6, 6.07) is 5.59. The first-order chi connectivity index (χ1) is 7.58. The van der Waals surface area contributed by atoms with E-state index in [4.69, 9.17) is 0 Å². The van der Waals surface area contributed by atoms with E-state index in [-0.39, 0.29) is 0 Å². The van der Waals surface area contributed by atoms with Crippen molar-refractivity contribution in [3.05, 3.63) is 61.2 Å². The Labute approximate surface area is 99.5 Å². The van der Waals surface area contributed by atoms with Gasteiger partial charge in [0.2, 0.25) is 0 Å². The molecule has 16 heavy (non-hydrogen) atoms. The Morgan fingerprint density at radius 1 is 1.06 bits per heavy atom. The topological polar surface area (TPSA) is 20.2 Å². The van der Waals surface area contributed by atoms with Crippen LogP contribution in [0.25, 0.3) is 6.08 Å². The van der Waals surface area contributed by atoms with Crippen molar-refractivity contribution in [1.29, 1.82) is 0 Å². The number of phenols is 1. The molecule has 0 radical (unpaired) electrons. The zero-order valence-corrected chi connectivity index (χ0v) is 10.5. The van der Waals surface area contributed by atoms with Crippen molar-refractivity contribution < 1.29 is 5.11 Å². The molecule has 1 rings (SSSR count). The molecule has 0 unspecified atom stereocenters. The Hall–Kier alpha value is -1.76. The number of hydrogen-bond acceptors (Lipinski definition) is 1. The van der Waals surface area contributed by atoms with Gasteiger partial charge in [-0.1, -0.05) is 43.0 Å². The normalized spacial score (nSPS) is 7.44. The van der Waals surface area contributed by atoms with Gasteiger partial charge in [-0.3, -0.25) is 0 Å². The summed E-state index contributed by atoms with van der Waals surface area (Å²) < 4.78 is 0. The molecule has 0 aliphatic rings. The van der Waals surface area contributed by atoms with E-state index in [1.807, 2.05) is 39.0 Å². The molecule has 1 aromatic carbocycles. The third-order valence-corrected chi connectivity index (χ3v) is 1.49. The molecule has 1 N–H and O–H groups in total. The van der Waals surface area contributed by atoms with Crippen LogP contribution in [0.3, 0.4) is 0 Å². The largest absolute Gasteiger partial charge is 0.507 e. The molecule has 0 bridgehead atoms. The van der Waals surface area contributed by atoms with Gasteiger partial charge in [0.15, 0.2) is 0 Å². The predicted molar refractivity (Wildman–Crippen MR) is 74.7 cm³/mol. The lowest BCUT2D eigenvalue weighted by atomic mass is 10.1. The molecular weight excluding hydrogens is 196 g/mol. The zero-order chi connectivity index (χ0) is 13.0. The molecular formula is C15H22O. The van der Waals surface area contributed by atoms with E-state index >= 15 is 0 Å². The van der Waals surface area contributed by atoms with Crippen LogP contribution in [0.1, 0.15) is 25.0 Å². The van der Waals surface area contributed by atoms with E-state index < -0.39 is 0 Å². The number of hydrogen-bond donors (Lipinski definition) is 1. The first-order valence-corrected chi connectivity index (χ1v) is 5.14. The first kappa shape index (κ1) is 16.7. The van der Waals surface area contributed by atoms with Gasteiger partial charge >= 0.3 is 0 Å². The number of benzene rings is 1. The lowest BCUT2D eigenvalue weighted by Gasteiger charge is -2.00. The van der Waals surface area contributed by atoms with Crippen LogP contribution in [0.2, 0.25) is 0 Å². The highest BCUT2D eigenvalue weighted by molar-refractivity contribution is 5.57. The maximum Gasteiger partial charge on any atom is 0.125 e. The molecule has 0 heterocycles. The smallest absolute Gasteiger partial charge is 0.125 e. The fourth-order valence-corrected chi connectivity index (χ4v) is 0.846. The van der Waals surface area contributed by atoms with Gasteiger partial charge in [-0.2, -0.15) is 0 Å². The summed E-state index contributed by atoms with van der Waals surface area (Å²) in [6.45, 7) is 15.9. The van der Waals surface area contributed by atoms with Crippen molar-refractivity contribution in [2.24, 2.45) is 0 Å². The number of allylic oxidation sites excluding steroid dienone is 2. The Morgan fingerprint density at radius 3 is 1.81 bits per heavy atom. The number of phenolic OH excluding ortho intramolecular Hbond substituents is 1. The molecule has 0 atom stereocenters. The lowest BCUT2D eigenvalue weighted by Crippen LogP contribution is -1.77. The number of aromatic hydroxyl groups is 1. The molecule has 0 spiro atoms. The van der Waals surface area contributed by atoms with Crippen LogP contribution in [0.5, 0.6) is 5.75 Å². The molecule has 1 nitrogen and oxygen atoms in total. The Bertz CT molecular complexity index is 318. The van der Waals surface area contributed by atoms with Gasteiger partial charge < -0.3 is 5.11 Å². The van der Waals surface area contributed by atoms with E-state index in [1.165, 1.54) is 0 Å². The van der Waals surface area contributed by atoms with Gasteiger partial charge in [0, 0.05) is 5.56 Å². The molecule has 0 aliphatic heterocycles. The van der Waals surface area contributed by atoms with Crippen LogP contribution in [0, 0.1) is 6.92 Å². The minimum absolute atomic E-state index is 0.331. The summed E-state index contributed by atoms with van der Waals surface area (Å²) in [5.41, 5.74) is 1.68. The fourth-order valence-electron chi connectivity index (χ4n) is 0.846. The maximum absolute atomic E-state index is 9.33. The summed E-state index contributed by atoms with van der Waals surface area (Å²) in [5.74, 6) is 0.331. The highest BCUT2D eigenvalue weighted by atomic mass is 16.3. The average molecular weight is 218 g/mol. The second-order valence-corrected chi connectivity index (χ2v) is 3.03. The van der Waals surface area contributed by atoms with E-state index in [0.717, 1.165) is 11.1 Å². The van der Waals surface area contributed by atoms with E-state index in [0.29, 0.717) is 5.75 Å². The minimum Gasteiger partial charge on any atom is -0.507 e. The monoisotopic (exact) mass is 218 g/mol. The summed E-state index contributed by atoms with van der Waals surface area (Å²) >= 11 is 0. The molecule has 1 heteroatoms. The molecule has 88 valence electrons. The molecule has 1 aromatic rings. The van der Waals surface area contributed by atoms with E-state index in [9.17, 15) is 5.11 Å². The molecule has 0 aromatic heterocycles. The zero-order valence-electron chi connectivity index (χ0n) is 10.5. The molecule has 0 aliphatic carbocycles. The summed E-state index contributed by atoms with van der Waals surface area (Å²) in [7, 11) is 0. The van der Waals surface area contributed by atoms with Gasteiger partial charge in [-0.05, 0) is 26.3 Å². The molecule has 0 amide bonds. The van der Waals surface area contributed by atoms with Gasteiger partial charge in [0.05, 0.1) is 0 Å². The quantitative estimate of drug-likeness (QED) is 0.676. The average Bonchev–Trinajstić information content (AvgIpc) is 2.24. The van der Waals surface area contributed by atoms with Gasteiger partial charge in [-0.15, -0.1) is 13.2 Å². The van der Waals surface area contributed by atoms with Crippen molar-refractivity contribution in [3.63, 3.8) is 0 Å². The predicted octanol–water partition coefficient (Wildman–Crippen LogP) is 4.73. The molecule has 0 fully saturated rings. The van der Waals surface area contributed by atoms with Gasteiger partial charge in [-0.25, -0.2) is 0 Å². The van der Waals surface area contributed by atoms with Crippen molar-refractivity contribution in [2.45, 2.75) is 20.8 Å². The van der Waals surface area contributed by atoms with Crippen molar-refractivity contribution >= 4 is 6.08 Å². The van der Waals surface area contributed by atoms with Crippen LogP contribution < -0.4 is 0 Å².